The first-order valence-electron chi connectivity index (χ1n) is 4.70. The summed E-state index contributed by atoms with van der Waals surface area (Å²) >= 11 is 0. The third-order valence-electron chi connectivity index (χ3n) is 2.17. The Morgan fingerprint density at radius 2 is 2.00 bits per heavy atom. The van der Waals surface area contributed by atoms with Gasteiger partial charge in [-0.1, -0.05) is 12.1 Å². The van der Waals surface area contributed by atoms with Gasteiger partial charge in [-0.15, -0.1) is 0 Å². The van der Waals surface area contributed by atoms with E-state index in [-0.39, 0.29) is 16.9 Å². The van der Waals surface area contributed by atoms with Crippen LogP contribution in [-0.4, -0.2) is 10.8 Å². The predicted molar refractivity (Wildman–Crippen MR) is 58.5 cm³/mol. The number of hydrogen-bond donors (Lipinski definition) is 1. The predicted octanol–water partition coefficient (Wildman–Crippen LogP) is 2.03. The minimum Gasteiger partial charge on any atom is -0.398 e. The molecule has 0 aliphatic rings. The summed E-state index contributed by atoms with van der Waals surface area (Å²) < 4.78 is 13.5. The number of aromatic nitrogens is 1. The van der Waals surface area contributed by atoms with Gasteiger partial charge in [-0.25, -0.2) is 4.39 Å². The zero-order valence-corrected chi connectivity index (χ0v) is 8.35. The number of carbonyl (C=O) groups is 1. The molecule has 2 rings (SSSR count). The molecule has 0 saturated carbocycles. The van der Waals surface area contributed by atoms with Crippen LogP contribution in [0.3, 0.4) is 0 Å². The lowest BCUT2D eigenvalue weighted by Crippen LogP contribution is -2.09. The van der Waals surface area contributed by atoms with Crippen molar-refractivity contribution in [1.82, 2.24) is 4.98 Å². The molecule has 0 aliphatic carbocycles. The van der Waals surface area contributed by atoms with E-state index in [1.165, 1.54) is 30.5 Å². The first-order valence-corrected chi connectivity index (χ1v) is 4.70. The number of carbonyl (C=O) groups excluding carboxylic acids is 1. The summed E-state index contributed by atoms with van der Waals surface area (Å²) in [7, 11) is 0. The van der Waals surface area contributed by atoms with Gasteiger partial charge in [0.25, 0.3) is 0 Å². The Morgan fingerprint density at radius 1 is 1.19 bits per heavy atom. The van der Waals surface area contributed by atoms with Gasteiger partial charge in [-0.2, -0.15) is 0 Å². The number of anilines is 1. The maximum atomic E-state index is 13.5. The number of pyridine rings is 1. The molecule has 0 radical (unpaired) electrons. The van der Waals surface area contributed by atoms with Crippen molar-refractivity contribution in [3.05, 3.63) is 59.7 Å². The average Bonchev–Trinajstić information content (AvgIpc) is 2.30. The number of hydrogen-bond acceptors (Lipinski definition) is 3. The van der Waals surface area contributed by atoms with Crippen LogP contribution in [0.5, 0.6) is 0 Å². The zero-order valence-electron chi connectivity index (χ0n) is 8.35. The molecular weight excluding hydrogens is 207 g/mol. The lowest BCUT2D eigenvalue weighted by molar-refractivity contribution is 0.103. The maximum Gasteiger partial charge on any atom is 0.216 e. The fraction of sp³-hybridized carbons (Fsp3) is 0. The fourth-order valence-corrected chi connectivity index (χ4v) is 1.41. The molecule has 0 bridgehead atoms. The quantitative estimate of drug-likeness (QED) is 0.617. The normalized spacial score (nSPS) is 10.1. The highest BCUT2D eigenvalue weighted by Gasteiger charge is 2.17. The zero-order chi connectivity index (χ0) is 11.5. The molecule has 0 atom stereocenters. The van der Waals surface area contributed by atoms with Gasteiger partial charge in [0.2, 0.25) is 5.78 Å². The van der Waals surface area contributed by atoms with E-state index >= 15 is 0 Å². The van der Waals surface area contributed by atoms with Gasteiger partial charge in [-0.05, 0) is 24.3 Å². The Morgan fingerprint density at radius 3 is 2.62 bits per heavy atom. The molecule has 3 nitrogen and oxygen atoms in total. The van der Waals surface area contributed by atoms with Crippen LogP contribution in [0.2, 0.25) is 0 Å². The summed E-state index contributed by atoms with van der Waals surface area (Å²) in [6.07, 6.45) is 1.48. The first kappa shape index (κ1) is 10.3. The summed E-state index contributed by atoms with van der Waals surface area (Å²) in [5.41, 5.74) is 5.75. The van der Waals surface area contributed by atoms with E-state index in [0.29, 0.717) is 0 Å². The highest BCUT2D eigenvalue weighted by Crippen LogP contribution is 2.18. The van der Waals surface area contributed by atoms with Crippen molar-refractivity contribution >= 4 is 11.5 Å². The first-order chi connectivity index (χ1) is 7.70. The molecule has 0 unspecified atom stereocenters. The lowest BCUT2D eigenvalue weighted by atomic mass is 10.1. The Bertz CT molecular complexity index is 506. The SMILES string of the molecule is Nc1cccc(F)c1C(=O)c1ccccn1. The Balaban J connectivity index is 2.50. The van der Waals surface area contributed by atoms with Crippen molar-refractivity contribution in [1.29, 1.82) is 0 Å². The van der Waals surface area contributed by atoms with E-state index in [0.717, 1.165) is 0 Å². The van der Waals surface area contributed by atoms with Gasteiger partial charge in [0.05, 0.1) is 5.56 Å². The van der Waals surface area contributed by atoms with Crippen molar-refractivity contribution in [3.63, 3.8) is 0 Å². The molecule has 0 spiro atoms. The van der Waals surface area contributed by atoms with E-state index < -0.39 is 11.6 Å². The third-order valence-corrected chi connectivity index (χ3v) is 2.17. The number of nitrogen functional groups attached to an aromatic ring is 1. The van der Waals surface area contributed by atoms with Gasteiger partial charge in [0.15, 0.2) is 0 Å². The summed E-state index contributed by atoms with van der Waals surface area (Å²) in [5.74, 6) is -1.13. The van der Waals surface area contributed by atoms with Gasteiger partial charge in [-0.3, -0.25) is 9.78 Å². The number of nitrogens with two attached hydrogens (primary N) is 1. The smallest absolute Gasteiger partial charge is 0.216 e. The standard InChI is InChI=1S/C12H9FN2O/c13-8-4-3-5-9(14)11(8)12(16)10-6-1-2-7-15-10/h1-7H,14H2. The molecule has 1 heterocycles. The monoisotopic (exact) mass is 216 g/mol. The van der Waals surface area contributed by atoms with Gasteiger partial charge in [0.1, 0.15) is 11.5 Å². The number of ketones is 1. The van der Waals surface area contributed by atoms with Crippen LogP contribution in [0.1, 0.15) is 16.1 Å². The number of nitrogens with zero attached hydrogens (tertiary/aromatic N) is 1. The van der Waals surface area contributed by atoms with E-state index in [1.54, 1.807) is 12.1 Å². The number of benzene rings is 1. The highest BCUT2D eigenvalue weighted by atomic mass is 19.1. The molecule has 0 saturated heterocycles. The van der Waals surface area contributed by atoms with Gasteiger partial charge in [0, 0.05) is 11.9 Å². The summed E-state index contributed by atoms with van der Waals surface area (Å²) in [6, 6.07) is 9.01. The van der Waals surface area contributed by atoms with Gasteiger partial charge < -0.3 is 5.73 Å². The Hall–Kier alpha value is -2.23. The molecule has 0 amide bonds. The van der Waals surface area contributed by atoms with E-state index in [9.17, 15) is 9.18 Å². The summed E-state index contributed by atoms with van der Waals surface area (Å²) in [5, 5.41) is 0. The second-order valence-electron chi connectivity index (χ2n) is 3.25. The van der Waals surface area contributed by atoms with Crippen molar-refractivity contribution in [3.8, 4) is 0 Å². The van der Waals surface area contributed by atoms with E-state index in [2.05, 4.69) is 4.98 Å². The molecule has 1 aromatic heterocycles. The molecule has 0 aliphatic heterocycles. The Labute approximate surface area is 91.7 Å². The fourth-order valence-electron chi connectivity index (χ4n) is 1.41. The number of rotatable bonds is 2. The van der Waals surface area contributed by atoms with Crippen LogP contribution in [0.25, 0.3) is 0 Å². The van der Waals surface area contributed by atoms with Crippen LogP contribution in [0.4, 0.5) is 10.1 Å². The molecule has 4 heteroatoms. The molecule has 16 heavy (non-hydrogen) atoms. The molecule has 0 fully saturated rings. The molecular formula is C12H9FN2O. The van der Waals surface area contributed by atoms with Crippen LogP contribution in [0.15, 0.2) is 42.6 Å². The third kappa shape index (κ3) is 1.77. The van der Waals surface area contributed by atoms with E-state index in [1.807, 2.05) is 0 Å². The highest BCUT2D eigenvalue weighted by molar-refractivity contribution is 6.11. The van der Waals surface area contributed by atoms with E-state index in [4.69, 9.17) is 5.73 Å². The summed E-state index contributed by atoms with van der Waals surface area (Å²) in [6.45, 7) is 0. The van der Waals surface area contributed by atoms with Crippen molar-refractivity contribution in [2.24, 2.45) is 0 Å². The van der Waals surface area contributed by atoms with Crippen LogP contribution < -0.4 is 5.73 Å². The van der Waals surface area contributed by atoms with Crippen LogP contribution in [0, 0.1) is 5.82 Å². The molecule has 2 N–H and O–H groups in total. The largest absolute Gasteiger partial charge is 0.398 e. The minimum atomic E-state index is -0.629. The number of halogens is 1. The molecule has 80 valence electrons. The van der Waals surface area contributed by atoms with Crippen molar-refractivity contribution in [2.75, 3.05) is 5.73 Å². The van der Waals surface area contributed by atoms with Crippen LogP contribution in [-0.2, 0) is 0 Å². The molecule has 1 aromatic carbocycles. The Kier molecular flexibility index (Phi) is 2.64. The van der Waals surface area contributed by atoms with Gasteiger partial charge >= 0.3 is 0 Å². The minimum absolute atomic E-state index is 0.121. The lowest BCUT2D eigenvalue weighted by Gasteiger charge is -2.04. The van der Waals surface area contributed by atoms with Crippen molar-refractivity contribution in [2.45, 2.75) is 0 Å². The second kappa shape index (κ2) is 4.10. The van der Waals surface area contributed by atoms with Crippen molar-refractivity contribution < 1.29 is 9.18 Å². The van der Waals surface area contributed by atoms with Crippen LogP contribution >= 0.6 is 0 Å². The average molecular weight is 216 g/mol. The topological polar surface area (TPSA) is 56.0 Å². The second-order valence-corrected chi connectivity index (χ2v) is 3.25. The maximum absolute atomic E-state index is 13.5. The molecule has 2 aromatic rings. The summed E-state index contributed by atoms with van der Waals surface area (Å²) in [4.78, 5) is 15.8.